The highest BCUT2D eigenvalue weighted by Crippen LogP contribution is 2.34. The molecule has 5 aromatic rings. The molecule has 2 aromatic heterocycles. The highest BCUT2D eigenvalue weighted by atomic mass is 32.2. The molecule has 3 aromatic carbocycles. The van der Waals surface area contributed by atoms with E-state index in [4.69, 9.17) is 4.42 Å². The molecule has 2 heterocycles. The van der Waals surface area contributed by atoms with E-state index in [0.29, 0.717) is 16.4 Å². The molecule has 0 aliphatic rings. The van der Waals surface area contributed by atoms with E-state index in [1.54, 1.807) is 42.5 Å². The molecule has 0 fully saturated rings. The van der Waals surface area contributed by atoms with Crippen LogP contribution in [0.15, 0.2) is 110 Å². The van der Waals surface area contributed by atoms with Gasteiger partial charge in [0.25, 0.3) is 11.1 Å². The summed E-state index contributed by atoms with van der Waals surface area (Å²) in [5.74, 6) is -0.697. The van der Waals surface area contributed by atoms with E-state index in [1.807, 2.05) is 48.5 Å². The summed E-state index contributed by atoms with van der Waals surface area (Å²) in [6.07, 6.45) is 1.32. The summed E-state index contributed by atoms with van der Waals surface area (Å²) in [6, 6.07) is 27.9. The van der Waals surface area contributed by atoms with Crippen molar-refractivity contribution in [2.45, 2.75) is 20.9 Å². The lowest BCUT2D eigenvalue weighted by Crippen LogP contribution is -2.13. The van der Waals surface area contributed by atoms with E-state index in [0.717, 1.165) is 27.2 Å². The minimum atomic E-state index is -3.80. The van der Waals surface area contributed by atoms with Gasteiger partial charge < -0.3 is 4.42 Å². The Balaban J connectivity index is 1.28. The van der Waals surface area contributed by atoms with Gasteiger partial charge in [-0.3, -0.25) is 10.1 Å². The van der Waals surface area contributed by atoms with Crippen LogP contribution in [-0.4, -0.2) is 23.7 Å². The molecule has 0 aliphatic carbocycles. The smallest absolute Gasteiger partial charge is 0.268 e. The first-order valence-electron chi connectivity index (χ1n) is 11.2. The molecule has 38 heavy (non-hydrogen) atoms. The van der Waals surface area contributed by atoms with E-state index < -0.39 is 15.7 Å². The number of nitrogens with one attached hydrogen (secondary N) is 1. The van der Waals surface area contributed by atoms with Crippen LogP contribution in [0.3, 0.4) is 0 Å². The second-order valence-electron chi connectivity index (χ2n) is 7.99. The number of hydrogen-bond acceptors (Lipinski definition) is 9. The molecule has 0 unspecified atom stereocenters. The highest BCUT2D eigenvalue weighted by Gasteiger charge is 2.22. The van der Waals surface area contributed by atoms with Crippen LogP contribution in [0.1, 0.15) is 11.3 Å². The predicted octanol–water partition coefficient (Wildman–Crippen LogP) is 5.96. The zero-order valence-corrected chi connectivity index (χ0v) is 22.0. The Labute approximate surface area is 226 Å². The first kappa shape index (κ1) is 25.4. The van der Waals surface area contributed by atoms with Crippen molar-refractivity contribution in [1.29, 1.82) is 5.26 Å². The van der Waals surface area contributed by atoms with Crippen molar-refractivity contribution >= 4 is 61.0 Å². The minimum absolute atomic E-state index is 0.0329. The third-order valence-corrected chi connectivity index (χ3v) is 8.51. The zero-order chi connectivity index (χ0) is 26.5. The van der Waals surface area contributed by atoms with Crippen LogP contribution >= 0.6 is 23.3 Å². The van der Waals surface area contributed by atoms with Crippen LogP contribution < -0.4 is 5.32 Å². The molecule has 0 aliphatic heterocycles. The van der Waals surface area contributed by atoms with E-state index in [2.05, 4.69) is 14.7 Å². The average Bonchev–Trinajstić information content (AvgIpc) is 3.58. The minimum Gasteiger partial charge on any atom is -0.450 e. The molecule has 0 radical (unpaired) electrons. The SMILES string of the molecule is N#C/C(=C/c1ccc(Sc2cccc3ccccc23)o1)C(=O)Nc1nc(S(=O)(=O)Cc2ccccc2)ns1. The molecular formula is C27H18N4O4S3. The number of carbonyl (C=O) groups excluding carboxylic acids is 1. The van der Waals surface area contributed by atoms with Gasteiger partial charge in [0, 0.05) is 22.5 Å². The zero-order valence-electron chi connectivity index (χ0n) is 19.6. The van der Waals surface area contributed by atoms with Crippen molar-refractivity contribution in [3.05, 3.63) is 102 Å². The Morgan fingerprint density at radius 3 is 2.61 bits per heavy atom. The number of carbonyl (C=O) groups is 1. The summed E-state index contributed by atoms with van der Waals surface area (Å²) >= 11 is 2.16. The molecule has 0 saturated carbocycles. The fraction of sp³-hybridized carbons (Fsp3) is 0.0370. The average molecular weight is 559 g/mol. The molecule has 8 nitrogen and oxygen atoms in total. The Morgan fingerprint density at radius 1 is 1.03 bits per heavy atom. The maximum atomic E-state index is 12.7. The second kappa shape index (κ2) is 11.0. The standard InChI is InChI=1S/C27H18N4O4S3/c28-16-20(15-21-13-14-24(35-21)36-23-12-6-10-19-9-4-5-11-22(19)23)25(32)29-26-30-27(31-37-26)38(33,34)17-18-7-2-1-3-8-18/h1-15H,17H2,(H,29,30,31,32)/b20-15-. The fourth-order valence-electron chi connectivity index (χ4n) is 3.56. The molecule has 1 N–H and O–H groups in total. The van der Waals surface area contributed by atoms with E-state index in [9.17, 15) is 18.5 Å². The normalized spacial score (nSPS) is 11.8. The number of aromatic nitrogens is 2. The topological polar surface area (TPSA) is 126 Å². The number of sulfone groups is 1. The van der Waals surface area contributed by atoms with E-state index in [-0.39, 0.29) is 21.6 Å². The van der Waals surface area contributed by atoms with Crippen LogP contribution in [0.4, 0.5) is 5.13 Å². The first-order chi connectivity index (χ1) is 18.4. The Kier molecular flexibility index (Phi) is 7.37. The van der Waals surface area contributed by atoms with Crippen LogP contribution in [0, 0.1) is 11.3 Å². The van der Waals surface area contributed by atoms with E-state index in [1.165, 1.54) is 17.8 Å². The number of hydrogen-bond donors (Lipinski definition) is 1. The molecular weight excluding hydrogens is 541 g/mol. The molecule has 0 saturated heterocycles. The van der Waals surface area contributed by atoms with Gasteiger partial charge in [0.1, 0.15) is 17.4 Å². The lowest BCUT2D eigenvalue weighted by molar-refractivity contribution is -0.112. The Bertz CT molecular complexity index is 1800. The number of rotatable bonds is 8. The second-order valence-corrected chi connectivity index (χ2v) is 11.7. The van der Waals surface area contributed by atoms with Gasteiger partial charge in [-0.25, -0.2) is 8.42 Å². The summed E-state index contributed by atoms with van der Waals surface area (Å²) in [6.45, 7) is 0. The van der Waals surface area contributed by atoms with Gasteiger partial charge in [-0.05, 0) is 34.5 Å². The summed E-state index contributed by atoms with van der Waals surface area (Å²) in [4.78, 5) is 17.6. The lowest BCUT2D eigenvalue weighted by atomic mass is 10.1. The third kappa shape index (κ3) is 5.84. The Hall–Kier alpha value is -4.24. The molecule has 0 bridgehead atoms. The summed E-state index contributed by atoms with van der Waals surface area (Å²) in [7, 11) is -3.80. The summed E-state index contributed by atoms with van der Waals surface area (Å²) in [5.41, 5.74) is 0.365. The number of amides is 1. The van der Waals surface area contributed by atoms with Crippen LogP contribution in [-0.2, 0) is 20.4 Å². The van der Waals surface area contributed by atoms with Crippen molar-refractivity contribution in [2.75, 3.05) is 5.32 Å². The number of benzene rings is 3. The number of nitriles is 1. The fourth-order valence-corrected chi connectivity index (χ4v) is 6.58. The van der Waals surface area contributed by atoms with Gasteiger partial charge in [0.15, 0.2) is 5.09 Å². The van der Waals surface area contributed by atoms with Crippen molar-refractivity contribution in [3.63, 3.8) is 0 Å². The van der Waals surface area contributed by atoms with Crippen LogP contribution in [0.25, 0.3) is 16.8 Å². The maximum Gasteiger partial charge on any atom is 0.268 e. The van der Waals surface area contributed by atoms with Crippen molar-refractivity contribution in [2.24, 2.45) is 0 Å². The quantitative estimate of drug-likeness (QED) is 0.183. The van der Waals surface area contributed by atoms with Crippen molar-refractivity contribution in [1.82, 2.24) is 9.36 Å². The lowest BCUT2D eigenvalue weighted by Gasteiger charge is -2.04. The van der Waals surface area contributed by atoms with Gasteiger partial charge in [-0.1, -0.05) is 78.5 Å². The van der Waals surface area contributed by atoms with Crippen molar-refractivity contribution in [3.8, 4) is 6.07 Å². The van der Waals surface area contributed by atoms with Gasteiger partial charge in [-0.15, -0.1) is 0 Å². The first-order valence-corrected chi connectivity index (χ1v) is 14.4. The summed E-state index contributed by atoms with van der Waals surface area (Å²) < 4.78 is 35.0. The van der Waals surface area contributed by atoms with Crippen LogP contribution in [0.5, 0.6) is 0 Å². The summed E-state index contributed by atoms with van der Waals surface area (Å²) in [5, 5.41) is 14.4. The maximum absolute atomic E-state index is 12.7. The predicted molar refractivity (Wildman–Crippen MR) is 146 cm³/mol. The van der Waals surface area contributed by atoms with E-state index >= 15 is 0 Å². The monoisotopic (exact) mass is 558 g/mol. The third-order valence-electron chi connectivity index (χ3n) is 5.32. The molecule has 0 spiro atoms. The van der Waals surface area contributed by atoms with Gasteiger partial charge in [0.2, 0.25) is 15.0 Å². The Morgan fingerprint density at radius 2 is 1.79 bits per heavy atom. The largest absolute Gasteiger partial charge is 0.450 e. The molecule has 0 atom stereocenters. The molecule has 11 heteroatoms. The molecule has 5 rings (SSSR count). The van der Waals surface area contributed by atoms with Gasteiger partial charge in [-0.2, -0.15) is 14.6 Å². The number of fused-ring (bicyclic) bond motifs is 1. The van der Waals surface area contributed by atoms with Crippen molar-refractivity contribution < 1.29 is 17.6 Å². The van der Waals surface area contributed by atoms with Gasteiger partial charge in [0.05, 0.1) is 5.75 Å². The number of nitrogens with zero attached hydrogens (tertiary/aromatic N) is 3. The highest BCUT2D eigenvalue weighted by molar-refractivity contribution is 7.99. The van der Waals surface area contributed by atoms with Crippen LogP contribution in [0.2, 0.25) is 0 Å². The van der Waals surface area contributed by atoms with Gasteiger partial charge >= 0.3 is 0 Å². The molecule has 188 valence electrons. The number of furan rings is 1. The number of anilines is 1. The molecule has 1 amide bonds.